The number of ether oxygens (including phenoxy) is 3. The van der Waals surface area contributed by atoms with Gasteiger partial charge in [0.1, 0.15) is 12.4 Å². The highest BCUT2D eigenvalue weighted by Crippen LogP contribution is 2.57. The average Bonchev–Trinajstić information content (AvgIpc) is 3.43. The quantitative estimate of drug-likeness (QED) is 0.368. The molecule has 1 amide bonds. The fraction of sp³-hybridized carbons (Fsp3) is 0.476. The van der Waals surface area contributed by atoms with Crippen molar-refractivity contribution in [2.45, 2.75) is 50.9 Å². The van der Waals surface area contributed by atoms with Crippen molar-refractivity contribution in [1.29, 1.82) is 0 Å². The molecular formula is C21H24ClN4O10P. The van der Waals surface area contributed by atoms with E-state index in [4.69, 9.17) is 45.1 Å². The van der Waals surface area contributed by atoms with Crippen molar-refractivity contribution >= 4 is 37.3 Å². The van der Waals surface area contributed by atoms with Gasteiger partial charge in [0, 0.05) is 25.3 Å². The number of primary amides is 1. The zero-order valence-electron chi connectivity index (χ0n) is 19.7. The molecule has 2 aliphatic heterocycles. The van der Waals surface area contributed by atoms with E-state index in [1.807, 2.05) is 0 Å². The molecule has 0 radical (unpaired) electrons. The van der Waals surface area contributed by atoms with Crippen LogP contribution in [-0.4, -0.2) is 64.1 Å². The van der Waals surface area contributed by atoms with Crippen molar-refractivity contribution in [2.75, 3.05) is 13.2 Å². The molecule has 4 rings (SSSR count). The number of benzene rings is 1. The summed E-state index contributed by atoms with van der Waals surface area (Å²) in [7, 11) is -4.08. The van der Waals surface area contributed by atoms with Crippen LogP contribution in [-0.2, 0) is 41.9 Å². The topological polar surface area (TPSA) is 180 Å². The minimum Gasteiger partial charge on any atom is -0.456 e. The second-order valence-corrected chi connectivity index (χ2v) is 10.2. The van der Waals surface area contributed by atoms with Gasteiger partial charge in [-0.1, -0.05) is 23.7 Å². The van der Waals surface area contributed by atoms with Crippen LogP contribution >= 0.6 is 19.4 Å². The summed E-state index contributed by atoms with van der Waals surface area (Å²) in [4.78, 5) is 38.9. The van der Waals surface area contributed by atoms with E-state index < -0.39 is 62.9 Å². The zero-order valence-corrected chi connectivity index (χ0v) is 21.4. The van der Waals surface area contributed by atoms with Gasteiger partial charge in [0.05, 0.1) is 19.3 Å². The first-order chi connectivity index (χ1) is 17.5. The molecule has 2 N–H and O–H groups in total. The number of hydrogen-bond donors (Lipinski definition) is 1. The summed E-state index contributed by atoms with van der Waals surface area (Å²) in [5.41, 5.74) is 5.90. The first-order valence-electron chi connectivity index (χ1n) is 11.1. The van der Waals surface area contributed by atoms with E-state index in [2.05, 4.69) is 10.1 Å². The van der Waals surface area contributed by atoms with Crippen LogP contribution in [0.2, 0.25) is 5.02 Å². The number of phosphoric ester groups is 1. The molecule has 1 aromatic carbocycles. The number of rotatable bonds is 8. The van der Waals surface area contributed by atoms with Crippen LogP contribution in [0.15, 0.2) is 30.6 Å². The molecule has 200 valence electrons. The molecule has 0 aliphatic carbocycles. The Bertz CT molecular complexity index is 1230. The van der Waals surface area contributed by atoms with E-state index in [9.17, 15) is 18.9 Å². The standard InChI is InChI=1S/C21H24ClN4O10P/c1-11(27)33-17-16(35-21(18(17)34-12(2)28)26-10-24-20(25-26)19(23)29)9-32-37(30)31-7-6-15(36-37)13-4-3-5-14(22)8-13/h3-5,8,10,15-18,21H,6-7,9H2,1-2H3,(H2,23,29)/t15-,16+,17+,18+,21+,37?/m0/s1. The summed E-state index contributed by atoms with van der Waals surface area (Å²) >= 11 is 6.05. The fourth-order valence-corrected chi connectivity index (χ4v) is 5.49. The molecule has 2 aromatic rings. The maximum Gasteiger partial charge on any atom is 0.475 e. The highest BCUT2D eigenvalue weighted by molar-refractivity contribution is 7.48. The molecule has 2 fully saturated rings. The smallest absolute Gasteiger partial charge is 0.456 e. The summed E-state index contributed by atoms with van der Waals surface area (Å²) in [6.45, 7) is 1.95. The number of hydrogen-bond acceptors (Lipinski definition) is 12. The van der Waals surface area contributed by atoms with E-state index in [1.165, 1.54) is 0 Å². The largest absolute Gasteiger partial charge is 0.475 e. The number of esters is 2. The lowest BCUT2D eigenvalue weighted by molar-refractivity contribution is -0.166. The van der Waals surface area contributed by atoms with Gasteiger partial charge in [0.2, 0.25) is 5.82 Å². The minimum absolute atomic E-state index is 0.0842. The van der Waals surface area contributed by atoms with Gasteiger partial charge in [0.15, 0.2) is 18.4 Å². The van der Waals surface area contributed by atoms with Gasteiger partial charge in [-0.2, -0.15) is 0 Å². The van der Waals surface area contributed by atoms with Gasteiger partial charge >= 0.3 is 19.8 Å². The van der Waals surface area contributed by atoms with Gasteiger partial charge in [-0.25, -0.2) is 14.2 Å². The van der Waals surface area contributed by atoms with Crippen LogP contribution in [0.5, 0.6) is 0 Å². The molecule has 0 spiro atoms. The second-order valence-electron chi connectivity index (χ2n) is 8.14. The van der Waals surface area contributed by atoms with Crippen LogP contribution in [0.25, 0.3) is 0 Å². The van der Waals surface area contributed by atoms with Crippen molar-refractivity contribution in [2.24, 2.45) is 5.73 Å². The van der Waals surface area contributed by atoms with Crippen molar-refractivity contribution in [3.8, 4) is 0 Å². The maximum absolute atomic E-state index is 13.2. The Morgan fingerprint density at radius 1 is 1.22 bits per heavy atom. The Kier molecular flexibility index (Phi) is 8.26. The normalized spacial score (nSPS) is 29.5. The Labute approximate surface area is 215 Å². The molecule has 3 heterocycles. The van der Waals surface area contributed by atoms with Crippen LogP contribution in [0, 0.1) is 0 Å². The first-order valence-corrected chi connectivity index (χ1v) is 12.9. The molecule has 0 bridgehead atoms. The fourth-order valence-electron chi connectivity index (χ4n) is 3.89. The summed E-state index contributed by atoms with van der Waals surface area (Å²) in [6.07, 6.45) is -3.76. The predicted molar refractivity (Wildman–Crippen MR) is 123 cm³/mol. The summed E-state index contributed by atoms with van der Waals surface area (Å²) in [5, 5.41) is 4.42. The highest BCUT2D eigenvalue weighted by atomic mass is 35.5. The van der Waals surface area contributed by atoms with Crippen molar-refractivity contribution in [3.63, 3.8) is 0 Å². The van der Waals surface area contributed by atoms with Crippen LogP contribution < -0.4 is 5.73 Å². The molecular weight excluding hydrogens is 535 g/mol. The van der Waals surface area contributed by atoms with E-state index in [0.29, 0.717) is 17.0 Å². The summed E-state index contributed by atoms with van der Waals surface area (Å²) in [5.74, 6) is -2.61. The third kappa shape index (κ3) is 6.53. The lowest BCUT2D eigenvalue weighted by Gasteiger charge is -2.30. The van der Waals surface area contributed by atoms with Crippen LogP contribution in [0.4, 0.5) is 0 Å². The van der Waals surface area contributed by atoms with Gasteiger partial charge in [-0.15, -0.1) is 5.10 Å². The molecule has 1 unspecified atom stereocenters. The second kappa shape index (κ2) is 11.3. The van der Waals surface area contributed by atoms with Crippen molar-refractivity contribution < 1.29 is 46.7 Å². The number of carbonyl (C=O) groups is 3. The van der Waals surface area contributed by atoms with Crippen molar-refractivity contribution in [1.82, 2.24) is 14.8 Å². The van der Waals surface area contributed by atoms with Gasteiger partial charge < -0.3 is 19.9 Å². The number of nitrogens with two attached hydrogens (primary N) is 1. The molecule has 0 saturated carbocycles. The Morgan fingerprint density at radius 2 is 1.95 bits per heavy atom. The number of phosphoric acid groups is 1. The molecule has 2 aliphatic rings. The maximum atomic E-state index is 13.2. The Hall–Kier alpha value is -2.87. The average molecular weight is 559 g/mol. The molecule has 2 saturated heterocycles. The molecule has 6 atom stereocenters. The Balaban J connectivity index is 1.53. The number of amides is 1. The monoisotopic (exact) mass is 558 g/mol. The molecule has 14 nitrogen and oxygen atoms in total. The Morgan fingerprint density at radius 3 is 2.59 bits per heavy atom. The zero-order chi connectivity index (χ0) is 26.7. The molecule has 1 aromatic heterocycles. The number of nitrogens with zero attached hydrogens (tertiary/aromatic N) is 3. The minimum atomic E-state index is -4.08. The molecule has 37 heavy (non-hydrogen) atoms. The third-order valence-electron chi connectivity index (χ3n) is 5.38. The van der Waals surface area contributed by atoms with Crippen molar-refractivity contribution in [3.05, 3.63) is 47.0 Å². The van der Waals surface area contributed by atoms with E-state index in [1.54, 1.807) is 24.3 Å². The lowest BCUT2D eigenvalue weighted by atomic mass is 10.1. The van der Waals surface area contributed by atoms with E-state index >= 15 is 0 Å². The van der Waals surface area contributed by atoms with Crippen LogP contribution in [0.1, 0.15) is 48.8 Å². The van der Waals surface area contributed by atoms with E-state index in [-0.39, 0.29) is 12.4 Å². The number of aromatic nitrogens is 3. The lowest BCUT2D eigenvalue weighted by Crippen LogP contribution is -2.40. The number of halogens is 1. The van der Waals surface area contributed by atoms with Crippen LogP contribution in [0.3, 0.4) is 0 Å². The summed E-state index contributed by atoms with van der Waals surface area (Å²) in [6, 6.07) is 6.90. The van der Waals surface area contributed by atoms with Gasteiger partial charge in [-0.05, 0) is 17.7 Å². The SMILES string of the molecule is CC(=O)O[C@@H]1[C@H](OC(C)=O)[C@@H](COP2(=O)OCC[C@@H](c3cccc(Cl)c3)O2)O[C@H]1n1cnc(C(N)=O)n1. The molecule has 16 heteroatoms. The summed E-state index contributed by atoms with van der Waals surface area (Å²) < 4.78 is 47.4. The third-order valence-corrected chi connectivity index (χ3v) is 7.09. The van der Waals surface area contributed by atoms with E-state index in [0.717, 1.165) is 24.9 Å². The van der Waals surface area contributed by atoms with Gasteiger partial charge in [-0.3, -0.25) is 28.0 Å². The number of carbonyl (C=O) groups excluding carboxylic acids is 3. The predicted octanol–water partition coefficient (Wildman–Crippen LogP) is 2.09. The first kappa shape index (κ1) is 27.2. The highest BCUT2D eigenvalue weighted by Gasteiger charge is 2.52. The van der Waals surface area contributed by atoms with Gasteiger partial charge in [0.25, 0.3) is 5.91 Å².